The number of hydrogen-bond donors (Lipinski definition) is 12. The number of carbonyl (C=O) groups excluding carboxylic acids is 7. The number of nitrogens with one attached hydrogen (secondary N) is 6. The zero-order valence-corrected chi connectivity index (χ0v) is 32.0. The summed E-state index contributed by atoms with van der Waals surface area (Å²) in [7, 11) is 0. The van der Waals surface area contributed by atoms with Gasteiger partial charge >= 0.3 is 0 Å². The van der Waals surface area contributed by atoms with Crippen LogP contribution in [0.4, 0.5) is 0 Å². The Kier molecular flexibility index (Phi) is 20.9. The van der Waals surface area contributed by atoms with Crippen molar-refractivity contribution in [2.45, 2.75) is 103 Å². The fourth-order valence-corrected chi connectivity index (χ4v) is 5.10. The maximum atomic E-state index is 13.9. The van der Waals surface area contributed by atoms with E-state index in [0.717, 1.165) is 0 Å². The van der Waals surface area contributed by atoms with E-state index in [2.05, 4.69) is 36.9 Å². The van der Waals surface area contributed by atoms with Crippen LogP contribution in [0.1, 0.15) is 59.4 Å². The van der Waals surface area contributed by atoms with Crippen LogP contribution in [-0.2, 0) is 40.0 Å². The number of guanidine groups is 1. The highest BCUT2D eigenvalue weighted by molar-refractivity contribution is 5.97. The van der Waals surface area contributed by atoms with E-state index < -0.39 is 103 Å². The molecule has 16 N–H and O–H groups in total. The van der Waals surface area contributed by atoms with E-state index in [1.807, 2.05) is 6.92 Å². The number of carbonyl (C=O) groups is 7. The summed E-state index contributed by atoms with van der Waals surface area (Å²) in [5, 5.41) is 34.5. The first-order chi connectivity index (χ1) is 25.9. The molecular weight excluding hydrogens is 718 g/mol. The van der Waals surface area contributed by atoms with Gasteiger partial charge in [-0.2, -0.15) is 0 Å². The van der Waals surface area contributed by atoms with Crippen molar-refractivity contribution in [3.05, 3.63) is 35.9 Å². The molecule has 8 atom stereocenters. The standard InChI is InChI=1S/C35H59N11O9/c1-6-19(4)27(28(37)49)46-30(51)22(13-10-14-40-35(38)39)41-34(55)26(18(2)3)45-31(52)23(15-21-11-8-7-9-12-21)42-32(53)25(17-48)44-33(54)24(16-47)43-29(50)20(5)36/h7-9,11-12,18-20,22-27,47-48H,6,10,13-17,36H2,1-5H3,(H2,37,49)(H,41,55)(H,42,53)(H,43,50)(H,44,54)(H,45,52)(H,46,51)(H4,38,39,40). The second-order valence-corrected chi connectivity index (χ2v) is 13.5. The topological polar surface area (TPSA) is 349 Å². The highest BCUT2D eigenvalue weighted by Gasteiger charge is 2.34. The van der Waals surface area contributed by atoms with Crippen LogP contribution >= 0.6 is 0 Å². The molecule has 0 aromatic heterocycles. The Hall–Kier alpha value is -5.34. The Labute approximate surface area is 320 Å². The molecule has 55 heavy (non-hydrogen) atoms. The smallest absolute Gasteiger partial charge is 0.245 e. The summed E-state index contributed by atoms with van der Waals surface area (Å²) in [5.41, 5.74) is 22.5. The summed E-state index contributed by atoms with van der Waals surface area (Å²) in [4.78, 5) is 95.3. The predicted molar refractivity (Wildman–Crippen MR) is 203 cm³/mol. The molecule has 0 heterocycles. The molecule has 1 rings (SSSR count). The predicted octanol–water partition coefficient (Wildman–Crippen LogP) is -4.29. The molecule has 20 heteroatoms. The summed E-state index contributed by atoms with van der Waals surface area (Å²) in [5.74, 6) is -6.78. The monoisotopic (exact) mass is 777 g/mol. The Morgan fingerprint density at radius 1 is 0.655 bits per heavy atom. The van der Waals surface area contributed by atoms with Gasteiger partial charge < -0.3 is 65.0 Å². The van der Waals surface area contributed by atoms with E-state index in [1.54, 1.807) is 51.1 Å². The molecule has 0 saturated heterocycles. The first-order valence-corrected chi connectivity index (χ1v) is 18.0. The Bertz CT molecular complexity index is 1470. The Balaban J connectivity index is 3.33. The fourth-order valence-electron chi connectivity index (χ4n) is 5.10. The highest BCUT2D eigenvalue weighted by Crippen LogP contribution is 2.11. The average Bonchev–Trinajstić information content (AvgIpc) is 3.13. The van der Waals surface area contributed by atoms with Crippen LogP contribution in [0.25, 0.3) is 0 Å². The minimum atomic E-state index is -1.62. The number of amides is 7. The third-order valence-electron chi connectivity index (χ3n) is 8.60. The lowest BCUT2D eigenvalue weighted by molar-refractivity contribution is -0.136. The number of primary amides is 1. The van der Waals surface area contributed by atoms with Gasteiger partial charge in [0.1, 0.15) is 36.3 Å². The summed E-state index contributed by atoms with van der Waals surface area (Å²) in [6.45, 7) is 6.58. The third-order valence-corrected chi connectivity index (χ3v) is 8.60. The van der Waals surface area contributed by atoms with Gasteiger partial charge in [-0.15, -0.1) is 0 Å². The van der Waals surface area contributed by atoms with Crippen LogP contribution in [0.5, 0.6) is 0 Å². The van der Waals surface area contributed by atoms with Crippen LogP contribution in [0.3, 0.4) is 0 Å². The Morgan fingerprint density at radius 2 is 1.13 bits per heavy atom. The number of benzene rings is 1. The zero-order valence-electron chi connectivity index (χ0n) is 32.0. The van der Waals surface area contributed by atoms with Gasteiger partial charge in [0.25, 0.3) is 0 Å². The third kappa shape index (κ3) is 16.7. The average molecular weight is 778 g/mol. The van der Waals surface area contributed by atoms with Crippen molar-refractivity contribution in [1.29, 1.82) is 0 Å². The summed E-state index contributed by atoms with van der Waals surface area (Å²) >= 11 is 0. The van der Waals surface area contributed by atoms with Crippen molar-refractivity contribution in [3.63, 3.8) is 0 Å². The van der Waals surface area contributed by atoms with E-state index in [4.69, 9.17) is 22.9 Å². The van der Waals surface area contributed by atoms with Crippen LogP contribution in [-0.4, -0.2) is 120 Å². The lowest BCUT2D eigenvalue weighted by Gasteiger charge is -2.29. The lowest BCUT2D eigenvalue weighted by Crippen LogP contribution is -2.61. The molecule has 308 valence electrons. The van der Waals surface area contributed by atoms with Crippen molar-refractivity contribution in [2.75, 3.05) is 19.8 Å². The molecular formula is C35H59N11O9. The molecule has 8 unspecified atom stereocenters. The molecule has 1 aromatic carbocycles. The zero-order chi connectivity index (χ0) is 41.8. The van der Waals surface area contributed by atoms with Crippen LogP contribution in [0.15, 0.2) is 35.3 Å². The highest BCUT2D eigenvalue weighted by atomic mass is 16.3. The Morgan fingerprint density at radius 3 is 1.60 bits per heavy atom. The molecule has 0 bridgehead atoms. The van der Waals surface area contributed by atoms with Gasteiger partial charge in [0.15, 0.2) is 5.96 Å². The molecule has 1 aromatic rings. The SMILES string of the molecule is CCC(C)C(NC(=O)C(CCCN=C(N)N)NC(=O)C(NC(=O)C(Cc1ccccc1)NC(=O)C(CO)NC(=O)C(CO)NC(=O)C(C)N)C(C)C)C(N)=O. The maximum absolute atomic E-state index is 13.9. The minimum absolute atomic E-state index is 0.0477. The van der Waals surface area contributed by atoms with Crippen LogP contribution in [0, 0.1) is 11.8 Å². The van der Waals surface area contributed by atoms with Crippen molar-refractivity contribution in [3.8, 4) is 0 Å². The summed E-state index contributed by atoms with van der Waals surface area (Å²) in [6, 6.07) is -0.385. The number of aliphatic hydroxyl groups excluding tert-OH is 2. The van der Waals surface area contributed by atoms with Gasteiger partial charge in [0.2, 0.25) is 41.4 Å². The second kappa shape index (κ2) is 24.1. The van der Waals surface area contributed by atoms with Crippen molar-refractivity contribution in [2.24, 2.45) is 39.8 Å². The number of hydrogen-bond acceptors (Lipinski definition) is 11. The summed E-state index contributed by atoms with van der Waals surface area (Å²) < 4.78 is 0. The molecule has 0 fully saturated rings. The van der Waals surface area contributed by atoms with Gasteiger partial charge in [-0.1, -0.05) is 64.4 Å². The molecule has 20 nitrogen and oxygen atoms in total. The fraction of sp³-hybridized carbons (Fsp3) is 0.600. The largest absolute Gasteiger partial charge is 0.394 e. The van der Waals surface area contributed by atoms with E-state index in [9.17, 15) is 43.8 Å². The van der Waals surface area contributed by atoms with Gasteiger partial charge in [0, 0.05) is 13.0 Å². The first kappa shape index (κ1) is 47.7. The molecule has 0 radical (unpaired) electrons. The van der Waals surface area contributed by atoms with Gasteiger partial charge in [-0.3, -0.25) is 38.6 Å². The second-order valence-electron chi connectivity index (χ2n) is 13.5. The number of nitrogens with two attached hydrogens (primary N) is 4. The van der Waals surface area contributed by atoms with E-state index in [-0.39, 0.29) is 37.7 Å². The quantitative estimate of drug-likeness (QED) is 0.0270. The van der Waals surface area contributed by atoms with Crippen LogP contribution < -0.4 is 54.8 Å². The van der Waals surface area contributed by atoms with Gasteiger partial charge in [-0.25, -0.2) is 0 Å². The minimum Gasteiger partial charge on any atom is -0.394 e. The molecule has 0 aliphatic heterocycles. The molecule has 0 saturated carbocycles. The normalized spacial score (nSPS) is 15.4. The molecule has 0 aliphatic rings. The number of nitrogens with zero attached hydrogens (tertiary/aromatic N) is 1. The number of rotatable bonds is 24. The molecule has 0 aliphatic carbocycles. The number of aliphatic hydroxyl groups is 2. The summed E-state index contributed by atoms with van der Waals surface area (Å²) in [6.07, 6.45) is 0.746. The van der Waals surface area contributed by atoms with E-state index >= 15 is 0 Å². The lowest BCUT2D eigenvalue weighted by atomic mass is 9.97. The van der Waals surface area contributed by atoms with Crippen LogP contribution in [0.2, 0.25) is 0 Å². The van der Waals surface area contributed by atoms with E-state index in [1.165, 1.54) is 6.92 Å². The molecule has 0 spiro atoms. The van der Waals surface area contributed by atoms with Gasteiger partial charge in [0.05, 0.1) is 19.3 Å². The number of aliphatic imine (C=N–C) groups is 1. The maximum Gasteiger partial charge on any atom is 0.245 e. The van der Waals surface area contributed by atoms with Crippen molar-refractivity contribution in [1.82, 2.24) is 31.9 Å². The van der Waals surface area contributed by atoms with Crippen molar-refractivity contribution < 1.29 is 43.8 Å². The van der Waals surface area contributed by atoms with Crippen molar-refractivity contribution >= 4 is 47.3 Å². The molecule has 7 amide bonds. The van der Waals surface area contributed by atoms with Gasteiger partial charge in [-0.05, 0) is 37.2 Å². The van der Waals surface area contributed by atoms with E-state index in [0.29, 0.717) is 12.0 Å². The first-order valence-electron chi connectivity index (χ1n) is 18.0.